The Labute approximate surface area is 175 Å². The van der Waals surface area contributed by atoms with Crippen molar-refractivity contribution >= 4 is 6.09 Å². The summed E-state index contributed by atoms with van der Waals surface area (Å²) in [5.41, 5.74) is 1.48. The number of benzene rings is 1. The average Bonchev–Trinajstić information content (AvgIpc) is 2.72. The zero-order valence-electron chi connectivity index (χ0n) is 17.7. The number of hydrogen-bond donors (Lipinski definition) is 2. The summed E-state index contributed by atoms with van der Waals surface area (Å²) in [4.78, 5) is 28.0. The first-order valence-electron chi connectivity index (χ1n) is 10.3. The Morgan fingerprint density at radius 2 is 1.87 bits per heavy atom. The molecule has 1 fully saturated rings. The molecule has 2 aromatic rings. The molecular formula is C22H29FN3O4+. The molecule has 0 bridgehead atoms. The minimum atomic E-state index is -0.471. The smallest absolute Gasteiger partial charge is 0.410 e. The third kappa shape index (κ3) is 4.33. The van der Waals surface area contributed by atoms with Crippen LogP contribution in [0.25, 0.3) is 0 Å². The number of aromatic nitrogens is 1. The van der Waals surface area contributed by atoms with Crippen LogP contribution in [0.4, 0.5) is 9.18 Å². The van der Waals surface area contributed by atoms with Gasteiger partial charge < -0.3 is 19.3 Å². The van der Waals surface area contributed by atoms with E-state index in [1.54, 1.807) is 41.5 Å². The van der Waals surface area contributed by atoms with E-state index in [0.29, 0.717) is 50.6 Å². The van der Waals surface area contributed by atoms with Crippen molar-refractivity contribution < 1.29 is 23.9 Å². The fourth-order valence-electron chi connectivity index (χ4n) is 4.17. The van der Waals surface area contributed by atoms with Gasteiger partial charge in [0.15, 0.2) is 0 Å². The van der Waals surface area contributed by atoms with E-state index in [9.17, 15) is 19.1 Å². The van der Waals surface area contributed by atoms with Crippen LogP contribution in [-0.2, 0) is 11.3 Å². The van der Waals surface area contributed by atoms with Crippen LogP contribution in [0, 0.1) is 12.7 Å². The maximum Gasteiger partial charge on any atom is 0.410 e. The summed E-state index contributed by atoms with van der Waals surface area (Å²) in [6, 6.07) is 7.16. The molecule has 162 valence electrons. The highest BCUT2D eigenvalue weighted by atomic mass is 19.1. The van der Waals surface area contributed by atoms with Gasteiger partial charge in [-0.1, -0.05) is 0 Å². The number of rotatable bonds is 5. The van der Waals surface area contributed by atoms with E-state index < -0.39 is 6.04 Å². The molecule has 7 nitrogen and oxygen atoms in total. The fraction of sp³-hybridized carbons (Fsp3) is 0.455. The molecular weight excluding hydrogens is 389 g/mol. The molecule has 0 unspecified atom stereocenters. The molecule has 3 rings (SSSR count). The Balaban J connectivity index is 2.01. The van der Waals surface area contributed by atoms with Gasteiger partial charge >= 0.3 is 6.09 Å². The summed E-state index contributed by atoms with van der Waals surface area (Å²) in [5, 5.41) is 10.7. The van der Waals surface area contributed by atoms with Crippen molar-refractivity contribution in [3.05, 3.63) is 63.3 Å². The molecule has 2 N–H and O–H groups in total. The molecule has 1 aromatic carbocycles. The molecule has 2 heterocycles. The predicted molar refractivity (Wildman–Crippen MR) is 110 cm³/mol. The second kappa shape index (κ2) is 9.30. The molecule has 0 spiro atoms. The number of carbonyl (C=O) groups excluding carboxylic acids is 1. The van der Waals surface area contributed by atoms with Gasteiger partial charge in [0.2, 0.25) is 0 Å². The first-order chi connectivity index (χ1) is 14.4. The molecule has 1 aromatic heterocycles. The van der Waals surface area contributed by atoms with Crippen molar-refractivity contribution in [2.75, 3.05) is 32.8 Å². The van der Waals surface area contributed by atoms with Crippen molar-refractivity contribution in [3.8, 4) is 5.75 Å². The molecule has 1 aliphatic heterocycles. The van der Waals surface area contributed by atoms with Crippen LogP contribution >= 0.6 is 0 Å². The quantitative estimate of drug-likeness (QED) is 0.771. The number of nitrogens with zero attached hydrogens (tertiary/aromatic N) is 2. The highest BCUT2D eigenvalue weighted by Crippen LogP contribution is 2.26. The number of amides is 1. The number of aryl methyl sites for hydroxylation is 1. The highest BCUT2D eigenvalue weighted by Gasteiger charge is 2.35. The molecule has 1 atom stereocenters. The SMILES string of the molecule is CCOC(=O)N1CC[NH+]([C@@H](c2ccc(F)cc2)c2c(O)cc(C)n(CC)c2=O)CC1. The Morgan fingerprint density at radius 3 is 2.43 bits per heavy atom. The molecule has 0 saturated carbocycles. The van der Waals surface area contributed by atoms with Gasteiger partial charge in [-0.3, -0.25) is 9.69 Å². The third-order valence-corrected chi connectivity index (χ3v) is 5.67. The number of ether oxygens (including phenoxy) is 1. The zero-order chi connectivity index (χ0) is 21.8. The number of pyridine rings is 1. The molecule has 0 aliphatic carbocycles. The Bertz CT molecular complexity index is 950. The molecule has 1 aliphatic rings. The number of carbonyl (C=O) groups is 1. The normalized spacial score (nSPS) is 15.8. The van der Waals surface area contributed by atoms with Gasteiger partial charge in [0.25, 0.3) is 5.56 Å². The van der Waals surface area contributed by atoms with Crippen LogP contribution < -0.4 is 10.5 Å². The summed E-state index contributed by atoms with van der Waals surface area (Å²) < 4.78 is 20.3. The van der Waals surface area contributed by atoms with E-state index in [1.807, 2.05) is 6.92 Å². The number of piperazine rings is 1. The average molecular weight is 418 g/mol. The van der Waals surface area contributed by atoms with Gasteiger partial charge in [0, 0.05) is 17.8 Å². The van der Waals surface area contributed by atoms with Crippen molar-refractivity contribution in [2.45, 2.75) is 33.4 Å². The van der Waals surface area contributed by atoms with E-state index in [1.165, 1.54) is 12.1 Å². The summed E-state index contributed by atoms with van der Waals surface area (Å²) in [6.07, 6.45) is -0.346. The van der Waals surface area contributed by atoms with Crippen molar-refractivity contribution in [1.82, 2.24) is 9.47 Å². The summed E-state index contributed by atoms with van der Waals surface area (Å²) in [7, 11) is 0. The zero-order valence-corrected chi connectivity index (χ0v) is 17.7. The number of halogens is 1. The maximum atomic E-state index is 13.6. The van der Waals surface area contributed by atoms with E-state index in [4.69, 9.17) is 4.74 Å². The van der Waals surface area contributed by atoms with Crippen LogP contribution in [0.15, 0.2) is 35.1 Å². The minimum Gasteiger partial charge on any atom is -0.507 e. The maximum absolute atomic E-state index is 13.6. The van der Waals surface area contributed by atoms with E-state index in [-0.39, 0.29) is 23.2 Å². The van der Waals surface area contributed by atoms with Gasteiger partial charge in [-0.05, 0) is 51.1 Å². The minimum absolute atomic E-state index is 0.0585. The van der Waals surface area contributed by atoms with Crippen LogP contribution in [0.3, 0.4) is 0 Å². The van der Waals surface area contributed by atoms with Crippen molar-refractivity contribution in [1.29, 1.82) is 0 Å². The number of nitrogens with one attached hydrogen (secondary N) is 1. The van der Waals surface area contributed by atoms with Crippen molar-refractivity contribution in [3.63, 3.8) is 0 Å². The van der Waals surface area contributed by atoms with E-state index >= 15 is 0 Å². The third-order valence-electron chi connectivity index (χ3n) is 5.67. The number of hydrogen-bond acceptors (Lipinski definition) is 4. The predicted octanol–water partition coefficient (Wildman–Crippen LogP) is 1.47. The lowest BCUT2D eigenvalue weighted by atomic mass is 9.96. The van der Waals surface area contributed by atoms with Gasteiger partial charge in [-0.25, -0.2) is 9.18 Å². The topological polar surface area (TPSA) is 76.2 Å². The van der Waals surface area contributed by atoms with Crippen LogP contribution in [0.5, 0.6) is 5.75 Å². The molecule has 30 heavy (non-hydrogen) atoms. The molecule has 8 heteroatoms. The molecule has 1 saturated heterocycles. The van der Waals surface area contributed by atoms with Gasteiger partial charge in [0.1, 0.15) is 23.2 Å². The number of quaternary nitrogens is 1. The highest BCUT2D eigenvalue weighted by molar-refractivity contribution is 5.67. The Hall–Kier alpha value is -2.87. The Kier molecular flexibility index (Phi) is 6.77. The van der Waals surface area contributed by atoms with E-state index in [0.717, 1.165) is 10.5 Å². The summed E-state index contributed by atoms with van der Waals surface area (Å²) >= 11 is 0. The monoisotopic (exact) mass is 418 g/mol. The Morgan fingerprint density at radius 1 is 1.23 bits per heavy atom. The van der Waals surface area contributed by atoms with Crippen LogP contribution in [0.1, 0.15) is 36.7 Å². The lowest BCUT2D eigenvalue weighted by Gasteiger charge is -2.36. The molecule has 0 radical (unpaired) electrons. The van der Waals surface area contributed by atoms with Crippen molar-refractivity contribution in [2.24, 2.45) is 0 Å². The largest absolute Gasteiger partial charge is 0.507 e. The summed E-state index contributed by atoms with van der Waals surface area (Å²) in [6.45, 7) is 8.32. The van der Waals surface area contributed by atoms with Gasteiger partial charge in [0.05, 0.1) is 32.8 Å². The first-order valence-corrected chi connectivity index (χ1v) is 10.3. The van der Waals surface area contributed by atoms with Crippen LogP contribution in [0.2, 0.25) is 0 Å². The fourth-order valence-corrected chi connectivity index (χ4v) is 4.17. The van der Waals surface area contributed by atoms with Gasteiger partial charge in [-0.2, -0.15) is 0 Å². The van der Waals surface area contributed by atoms with Crippen LogP contribution in [-0.4, -0.2) is 53.5 Å². The standard InChI is InChI=1S/C22H28FN3O4/c1-4-26-15(3)14-18(27)19(21(26)28)20(16-6-8-17(23)9-7-16)24-10-12-25(13-11-24)22(29)30-5-2/h6-9,14,20,27H,4-5,10-13H2,1-3H3/p+1/t20-/m0/s1. The number of aromatic hydroxyl groups is 1. The second-order valence-electron chi connectivity index (χ2n) is 7.46. The first kappa shape index (κ1) is 21.8. The summed E-state index contributed by atoms with van der Waals surface area (Å²) in [5.74, 6) is -0.421. The lowest BCUT2D eigenvalue weighted by Crippen LogP contribution is -3.15. The van der Waals surface area contributed by atoms with E-state index in [2.05, 4.69) is 0 Å². The van der Waals surface area contributed by atoms with Gasteiger partial charge in [-0.15, -0.1) is 0 Å². The second-order valence-corrected chi connectivity index (χ2v) is 7.46. The lowest BCUT2D eigenvalue weighted by molar-refractivity contribution is -0.929. The molecule has 1 amide bonds.